The van der Waals surface area contributed by atoms with E-state index in [2.05, 4.69) is 42.0 Å². The smallest absolute Gasteiger partial charge is 0.269 e. The van der Waals surface area contributed by atoms with Gasteiger partial charge in [-0.2, -0.15) is 0 Å². The van der Waals surface area contributed by atoms with Crippen LogP contribution in [0, 0.1) is 10.1 Å². The molecule has 2 rings (SSSR count). The third-order valence-corrected chi connectivity index (χ3v) is 3.82. The Morgan fingerprint density at radius 2 is 1.74 bits per heavy atom. The first-order valence-corrected chi connectivity index (χ1v) is 7.83. The summed E-state index contributed by atoms with van der Waals surface area (Å²) in [7, 11) is 0. The number of amides is 1. The number of hydrogen-bond acceptors (Lipinski definition) is 3. The molecular formula is C17H17BrN2O3. The van der Waals surface area contributed by atoms with E-state index in [1.807, 2.05) is 18.2 Å². The summed E-state index contributed by atoms with van der Waals surface area (Å²) in [5, 5.41) is 13.5. The number of nitro groups is 1. The zero-order valence-corrected chi connectivity index (χ0v) is 14.7. The Hall–Kier alpha value is -2.21. The van der Waals surface area contributed by atoms with Crippen LogP contribution in [-0.2, 0) is 5.41 Å². The molecule has 2 aromatic rings. The minimum atomic E-state index is -0.494. The van der Waals surface area contributed by atoms with E-state index in [4.69, 9.17) is 0 Å². The van der Waals surface area contributed by atoms with E-state index in [-0.39, 0.29) is 17.0 Å². The quantitative estimate of drug-likeness (QED) is 0.610. The summed E-state index contributed by atoms with van der Waals surface area (Å²) >= 11 is 3.45. The maximum atomic E-state index is 12.3. The molecule has 23 heavy (non-hydrogen) atoms. The molecule has 1 N–H and O–H groups in total. The van der Waals surface area contributed by atoms with Crippen molar-refractivity contribution in [3.63, 3.8) is 0 Å². The molecular weight excluding hydrogens is 360 g/mol. The fourth-order valence-electron chi connectivity index (χ4n) is 2.03. The molecule has 0 heterocycles. The number of carbonyl (C=O) groups is 1. The average molecular weight is 377 g/mol. The second-order valence-corrected chi connectivity index (χ2v) is 7.15. The van der Waals surface area contributed by atoms with Gasteiger partial charge in [0.25, 0.3) is 11.6 Å². The molecule has 0 radical (unpaired) electrons. The maximum Gasteiger partial charge on any atom is 0.269 e. The minimum Gasteiger partial charge on any atom is -0.322 e. The van der Waals surface area contributed by atoms with Gasteiger partial charge in [0.2, 0.25) is 0 Å². The number of halogens is 1. The fraction of sp³-hybridized carbons (Fsp3) is 0.235. The SMILES string of the molecule is CC(C)(C)c1cc(Br)cc(NC(=O)c2ccc([N+](=O)[O-])cc2)c1. The fourth-order valence-corrected chi connectivity index (χ4v) is 2.53. The first-order chi connectivity index (χ1) is 10.7. The Kier molecular flexibility index (Phi) is 4.85. The third-order valence-electron chi connectivity index (χ3n) is 3.36. The Bertz CT molecular complexity index is 749. The van der Waals surface area contributed by atoms with Crippen molar-refractivity contribution in [2.75, 3.05) is 5.32 Å². The van der Waals surface area contributed by atoms with Gasteiger partial charge >= 0.3 is 0 Å². The molecule has 0 spiro atoms. The summed E-state index contributed by atoms with van der Waals surface area (Å²) < 4.78 is 0.879. The zero-order chi connectivity index (χ0) is 17.2. The molecule has 0 unspecified atom stereocenters. The van der Waals surface area contributed by atoms with Crippen molar-refractivity contribution in [1.82, 2.24) is 0 Å². The summed E-state index contributed by atoms with van der Waals surface area (Å²) in [5.74, 6) is -0.308. The van der Waals surface area contributed by atoms with Gasteiger partial charge in [-0.25, -0.2) is 0 Å². The lowest BCUT2D eigenvalue weighted by Crippen LogP contribution is -2.15. The Morgan fingerprint density at radius 1 is 1.13 bits per heavy atom. The molecule has 2 aromatic carbocycles. The highest BCUT2D eigenvalue weighted by Crippen LogP contribution is 2.29. The Balaban J connectivity index is 2.23. The zero-order valence-electron chi connectivity index (χ0n) is 13.1. The number of nitrogens with zero attached hydrogens (tertiary/aromatic N) is 1. The molecule has 120 valence electrons. The Morgan fingerprint density at radius 3 is 2.26 bits per heavy atom. The highest BCUT2D eigenvalue weighted by Gasteiger charge is 2.16. The van der Waals surface area contributed by atoms with Crippen molar-refractivity contribution in [3.8, 4) is 0 Å². The summed E-state index contributed by atoms with van der Waals surface area (Å²) in [6, 6.07) is 11.3. The van der Waals surface area contributed by atoms with Crippen LogP contribution in [0.5, 0.6) is 0 Å². The van der Waals surface area contributed by atoms with Crippen LogP contribution in [0.15, 0.2) is 46.9 Å². The number of rotatable bonds is 3. The number of nitrogens with one attached hydrogen (secondary N) is 1. The summed E-state index contributed by atoms with van der Waals surface area (Å²) in [5.41, 5.74) is 2.04. The van der Waals surface area contributed by atoms with E-state index >= 15 is 0 Å². The van der Waals surface area contributed by atoms with Gasteiger partial charge in [-0.15, -0.1) is 0 Å². The summed E-state index contributed by atoms with van der Waals surface area (Å²) in [4.78, 5) is 22.4. The third kappa shape index (κ3) is 4.39. The highest BCUT2D eigenvalue weighted by molar-refractivity contribution is 9.10. The van der Waals surface area contributed by atoms with Gasteiger partial charge in [0.05, 0.1) is 4.92 Å². The molecule has 0 saturated heterocycles. The lowest BCUT2D eigenvalue weighted by molar-refractivity contribution is -0.384. The predicted octanol–water partition coefficient (Wildman–Crippen LogP) is 4.91. The van der Waals surface area contributed by atoms with E-state index in [1.54, 1.807) is 0 Å². The van der Waals surface area contributed by atoms with Crippen molar-refractivity contribution in [2.45, 2.75) is 26.2 Å². The molecule has 0 saturated carbocycles. The molecule has 0 aromatic heterocycles. The number of non-ortho nitro benzene ring substituents is 1. The average Bonchev–Trinajstić information content (AvgIpc) is 2.45. The molecule has 0 aliphatic heterocycles. The number of nitro benzene ring substituents is 1. The second kappa shape index (κ2) is 6.50. The van der Waals surface area contributed by atoms with E-state index in [1.165, 1.54) is 24.3 Å². The van der Waals surface area contributed by atoms with Crippen molar-refractivity contribution in [2.24, 2.45) is 0 Å². The summed E-state index contributed by atoms with van der Waals surface area (Å²) in [6.45, 7) is 6.28. The van der Waals surface area contributed by atoms with Crippen LogP contribution in [0.25, 0.3) is 0 Å². The molecule has 0 bridgehead atoms. The van der Waals surface area contributed by atoms with Crippen LogP contribution in [0.4, 0.5) is 11.4 Å². The normalized spacial score (nSPS) is 11.1. The second-order valence-electron chi connectivity index (χ2n) is 6.24. The standard InChI is InChI=1S/C17H17BrN2O3/c1-17(2,3)12-8-13(18)10-14(9-12)19-16(21)11-4-6-15(7-5-11)20(22)23/h4-10H,1-3H3,(H,19,21). The topological polar surface area (TPSA) is 72.2 Å². The Labute approximate surface area is 143 Å². The molecule has 0 atom stereocenters. The molecule has 1 amide bonds. The molecule has 0 aliphatic carbocycles. The van der Waals surface area contributed by atoms with Crippen LogP contribution in [0.3, 0.4) is 0 Å². The highest BCUT2D eigenvalue weighted by atomic mass is 79.9. The van der Waals surface area contributed by atoms with Crippen molar-refractivity contribution in [1.29, 1.82) is 0 Å². The van der Waals surface area contributed by atoms with Gasteiger partial charge in [0.1, 0.15) is 0 Å². The van der Waals surface area contributed by atoms with Crippen molar-refractivity contribution in [3.05, 3.63) is 68.2 Å². The first-order valence-electron chi connectivity index (χ1n) is 7.04. The molecule has 0 aliphatic rings. The summed E-state index contributed by atoms with van der Waals surface area (Å²) in [6.07, 6.45) is 0. The number of hydrogen-bond donors (Lipinski definition) is 1. The molecule has 6 heteroatoms. The first kappa shape index (κ1) is 17.1. The van der Waals surface area contributed by atoms with Crippen LogP contribution in [0.1, 0.15) is 36.7 Å². The number of carbonyl (C=O) groups excluding carboxylic acids is 1. The largest absolute Gasteiger partial charge is 0.322 e. The van der Waals surface area contributed by atoms with E-state index in [9.17, 15) is 14.9 Å². The monoisotopic (exact) mass is 376 g/mol. The van der Waals surface area contributed by atoms with E-state index in [0.717, 1.165) is 10.0 Å². The van der Waals surface area contributed by atoms with Crippen LogP contribution >= 0.6 is 15.9 Å². The lowest BCUT2D eigenvalue weighted by Gasteiger charge is -2.20. The van der Waals surface area contributed by atoms with E-state index in [0.29, 0.717) is 11.3 Å². The van der Waals surface area contributed by atoms with Gasteiger partial charge in [-0.3, -0.25) is 14.9 Å². The van der Waals surface area contributed by atoms with Gasteiger partial charge in [-0.1, -0.05) is 36.7 Å². The van der Waals surface area contributed by atoms with Crippen molar-refractivity contribution >= 4 is 33.2 Å². The van der Waals surface area contributed by atoms with Gasteiger partial charge in [-0.05, 0) is 41.3 Å². The number of benzene rings is 2. The van der Waals surface area contributed by atoms with E-state index < -0.39 is 4.92 Å². The molecule has 5 nitrogen and oxygen atoms in total. The maximum absolute atomic E-state index is 12.3. The van der Waals surface area contributed by atoms with Crippen LogP contribution in [0.2, 0.25) is 0 Å². The predicted molar refractivity (Wildman–Crippen MR) is 93.9 cm³/mol. The van der Waals surface area contributed by atoms with Gasteiger partial charge in [0.15, 0.2) is 0 Å². The van der Waals surface area contributed by atoms with Gasteiger partial charge < -0.3 is 5.32 Å². The minimum absolute atomic E-state index is 0.0426. The lowest BCUT2D eigenvalue weighted by atomic mass is 9.87. The molecule has 0 fully saturated rings. The van der Waals surface area contributed by atoms with Gasteiger partial charge in [0, 0.05) is 27.9 Å². The van der Waals surface area contributed by atoms with Crippen molar-refractivity contribution < 1.29 is 9.72 Å². The van der Waals surface area contributed by atoms with Crippen LogP contribution < -0.4 is 5.32 Å². The van der Waals surface area contributed by atoms with Crippen LogP contribution in [-0.4, -0.2) is 10.8 Å². The number of anilines is 1.